The molecular formula is C7H4ClNOS. The van der Waals surface area contributed by atoms with Gasteiger partial charge in [0.2, 0.25) is 0 Å². The Hall–Kier alpha value is -0.800. The van der Waals surface area contributed by atoms with E-state index in [0.717, 1.165) is 15.6 Å². The van der Waals surface area contributed by atoms with Crippen molar-refractivity contribution in [3.63, 3.8) is 0 Å². The summed E-state index contributed by atoms with van der Waals surface area (Å²) >= 11 is 7.28. The van der Waals surface area contributed by atoms with E-state index < -0.39 is 0 Å². The van der Waals surface area contributed by atoms with Crippen LogP contribution < -0.4 is 0 Å². The minimum atomic E-state index is 0.744. The van der Waals surface area contributed by atoms with E-state index in [1.54, 1.807) is 17.6 Å². The number of rotatable bonds is 1. The summed E-state index contributed by atoms with van der Waals surface area (Å²) < 4.78 is 4.69. The molecule has 2 aromatic rings. The molecule has 4 heteroatoms. The molecule has 0 amide bonds. The lowest BCUT2D eigenvalue weighted by Gasteiger charge is -1.82. The summed E-state index contributed by atoms with van der Waals surface area (Å²) in [5.74, 6) is 0. The fourth-order valence-corrected chi connectivity index (χ4v) is 1.82. The Morgan fingerprint density at radius 2 is 2.45 bits per heavy atom. The second kappa shape index (κ2) is 2.68. The van der Waals surface area contributed by atoms with Gasteiger partial charge in [-0.1, -0.05) is 16.8 Å². The van der Waals surface area contributed by atoms with Gasteiger partial charge in [0.25, 0.3) is 0 Å². The Bertz CT molecular complexity index is 341. The van der Waals surface area contributed by atoms with Gasteiger partial charge < -0.3 is 4.52 Å². The van der Waals surface area contributed by atoms with E-state index in [1.165, 1.54) is 0 Å². The molecule has 2 aromatic heterocycles. The summed E-state index contributed by atoms with van der Waals surface area (Å²) in [7, 11) is 0. The van der Waals surface area contributed by atoms with Crippen molar-refractivity contribution in [2.45, 2.75) is 0 Å². The predicted molar refractivity (Wildman–Crippen MR) is 44.8 cm³/mol. The molecule has 0 bridgehead atoms. The first-order valence-corrected chi connectivity index (χ1v) is 4.27. The lowest BCUT2D eigenvalue weighted by atomic mass is 10.3. The molecule has 2 nitrogen and oxygen atoms in total. The first-order valence-electron chi connectivity index (χ1n) is 3.01. The van der Waals surface area contributed by atoms with E-state index in [1.807, 2.05) is 17.5 Å². The average Bonchev–Trinajstić information content (AvgIpc) is 2.55. The third kappa shape index (κ3) is 1.29. The minimum Gasteiger partial charge on any atom is -0.364 e. The highest BCUT2D eigenvalue weighted by Crippen LogP contribution is 2.27. The molecule has 0 radical (unpaired) electrons. The maximum absolute atomic E-state index is 5.73. The molecule has 0 atom stereocenters. The molecular weight excluding hydrogens is 182 g/mol. The number of thiophene rings is 1. The van der Waals surface area contributed by atoms with Gasteiger partial charge in [0.05, 0.1) is 9.90 Å². The van der Waals surface area contributed by atoms with Crippen molar-refractivity contribution < 1.29 is 4.52 Å². The molecule has 0 saturated carbocycles. The van der Waals surface area contributed by atoms with Crippen LogP contribution in [0.4, 0.5) is 0 Å². The highest BCUT2D eigenvalue weighted by Gasteiger charge is 2.02. The van der Waals surface area contributed by atoms with Crippen LogP contribution in [0.1, 0.15) is 0 Å². The molecule has 0 unspecified atom stereocenters. The normalized spacial score (nSPS) is 10.3. The van der Waals surface area contributed by atoms with Crippen molar-refractivity contribution in [3.8, 4) is 10.6 Å². The number of nitrogens with zero attached hydrogens (tertiary/aromatic N) is 1. The number of hydrogen-bond acceptors (Lipinski definition) is 3. The first-order chi connectivity index (χ1) is 5.36. The Morgan fingerprint density at radius 3 is 3.00 bits per heavy atom. The van der Waals surface area contributed by atoms with Gasteiger partial charge in [-0.15, -0.1) is 11.3 Å². The summed E-state index contributed by atoms with van der Waals surface area (Å²) in [6, 6.07) is 3.67. The van der Waals surface area contributed by atoms with Crippen LogP contribution in [0.2, 0.25) is 5.02 Å². The quantitative estimate of drug-likeness (QED) is 0.683. The van der Waals surface area contributed by atoms with Crippen LogP contribution in [0.5, 0.6) is 0 Å². The van der Waals surface area contributed by atoms with Gasteiger partial charge in [-0.05, 0) is 6.07 Å². The molecule has 0 aromatic carbocycles. The summed E-state index contributed by atoms with van der Waals surface area (Å²) in [6.45, 7) is 0. The maximum Gasteiger partial charge on any atom is 0.124 e. The van der Waals surface area contributed by atoms with Crippen molar-refractivity contribution in [2.75, 3.05) is 0 Å². The first kappa shape index (κ1) is 6.88. The molecule has 0 N–H and O–H groups in total. The predicted octanol–water partition coefficient (Wildman–Crippen LogP) is 3.06. The van der Waals surface area contributed by atoms with Crippen molar-refractivity contribution in [1.82, 2.24) is 5.16 Å². The van der Waals surface area contributed by atoms with E-state index >= 15 is 0 Å². The number of halogens is 1. The zero-order chi connectivity index (χ0) is 7.68. The Balaban J connectivity index is 2.45. The molecule has 11 heavy (non-hydrogen) atoms. The Labute approximate surface area is 72.4 Å². The Morgan fingerprint density at radius 1 is 1.55 bits per heavy atom. The summed E-state index contributed by atoms with van der Waals surface area (Å²) in [5, 5.41) is 6.39. The Kier molecular flexibility index (Phi) is 1.68. The fourth-order valence-electron chi connectivity index (χ4n) is 0.787. The van der Waals surface area contributed by atoms with E-state index in [9.17, 15) is 0 Å². The van der Waals surface area contributed by atoms with Crippen molar-refractivity contribution in [2.24, 2.45) is 0 Å². The van der Waals surface area contributed by atoms with Crippen LogP contribution in [0.3, 0.4) is 0 Å². The summed E-state index contributed by atoms with van der Waals surface area (Å²) in [5.41, 5.74) is 0.835. The molecule has 0 aliphatic rings. The van der Waals surface area contributed by atoms with E-state index in [0.29, 0.717) is 0 Å². The highest BCUT2D eigenvalue weighted by atomic mass is 35.5. The van der Waals surface area contributed by atoms with Crippen LogP contribution in [-0.2, 0) is 0 Å². The largest absolute Gasteiger partial charge is 0.364 e. The van der Waals surface area contributed by atoms with Gasteiger partial charge in [-0.2, -0.15) is 0 Å². The monoisotopic (exact) mass is 185 g/mol. The minimum absolute atomic E-state index is 0.744. The molecule has 0 fully saturated rings. The smallest absolute Gasteiger partial charge is 0.124 e. The van der Waals surface area contributed by atoms with Gasteiger partial charge >= 0.3 is 0 Å². The van der Waals surface area contributed by atoms with Gasteiger partial charge in [0.1, 0.15) is 12.0 Å². The van der Waals surface area contributed by atoms with Crippen LogP contribution in [-0.4, -0.2) is 5.16 Å². The van der Waals surface area contributed by atoms with Crippen molar-refractivity contribution in [3.05, 3.63) is 28.8 Å². The van der Waals surface area contributed by atoms with Gasteiger partial charge in [-0.25, -0.2) is 0 Å². The summed E-state index contributed by atoms with van der Waals surface area (Å²) in [6.07, 6.45) is 1.54. The molecule has 0 aliphatic heterocycles. The van der Waals surface area contributed by atoms with Crippen LogP contribution >= 0.6 is 22.9 Å². The van der Waals surface area contributed by atoms with Gasteiger partial charge in [0.15, 0.2) is 0 Å². The molecule has 0 aliphatic carbocycles. The molecule has 2 rings (SSSR count). The third-order valence-corrected chi connectivity index (χ3v) is 2.56. The van der Waals surface area contributed by atoms with Gasteiger partial charge in [0, 0.05) is 11.4 Å². The zero-order valence-electron chi connectivity index (χ0n) is 5.45. The zero-order valence-corrected chi connectivity index (χ0v) is 7.02. The maximum atomic E-state index is 5.73. The van der Waals surface area contributed by atoms with Gasteiger partial charge in [-0.3, -0.25) is 0 Å². The van der Waals surface area contributed by atoms with E-state index in [4.69, 9.17) is 16.1 Å². The highest BCUT2D eigenvalue weighted by molar-refractivity contribution is 7.14. The van der Waals surface area contributed by atoms with Crippen LogP contribution in [0, 0.1) is 0 Å². The topological polar surface area (TPSA) is 26.0 Å². The van der Waals surface area contributed by atoms with Crippen LogP contribution in [0.15, 0.2) is 28.3 Å². The van der Waals surface area contributed by atoms with Crippen molar-refractivity contribution >= 4 is 22.9 Å². The SMILES string of the molecule is Clc1csc(-c2ccon2)c1. The summed E-state index contributed by atoms with van der Waals surface area (Å²) in [4.78, 5) is 1.03. The lowest BCUT2D eigenvalue weighted by Crippen LogP contribution is -1.66. The molecule has 2 heterocycles. The van der Waals surface area contributed by atoms with Crippen LogP contribution in [0.25, 0.3) is 10.6 Å². The fraction of sp³-hybridized carbons (Fsp3) is 0. The lowest BCUT2D eigenvalue weighted by molar-refractivity contribution is 0.422. The average molecular weight is 186 g/mol. The standard InChI is InChI=1S/C7H4ClNOS/c8-5-3-7(11-4-5)6-1-2-10-9-6/h1-4H. The molecule has 0 saturated heterocycles. The van der Waals surface area contributed by atoms with E-state index in [-0.39, 0.29) is 0 Å². The third-order valence-electron chi connectivity index (χ3n) is 1.26. The molecule has 0 spiro atoms. The molecule has 56 valence electrons. The van der Waals surface area contributed by atoms with E-state index in [2.05, 4.69) is 5.16 Å². The number of aromatic nitrogens is 1. The second-order valence-corrected chi connectivity index (χ2v) is 3.36. The number of hydrogen-bond donors (Lipinski definition) is 0. The second-order valence-electron chi connectivity index (χ2n) is 2.01. The van der Waals surface area contributed by atoms with Crippen molar-refractivity contribution in [1.29, 1.82) is 0 Å².